The van der Waals surface area contributed by atoms with Gasteiger partial charge in [-0.15, -0.1) is 0 Å². The summed E-state index contributed by atoms with van der Waals surface area (Å²) in [5.74, 6) is -1.49. The Morgan fingerprint density at radius 3 is 2.85 bits per heavy atom. The molecule has 3 atom stereocenters. The lowest BCUT2D eigenvalue weighted by atomic mass is 10.1. The van der Waals surface area contributed by atoms with E-state index in [4.69, 9.17) is 15.7 Å². The maximum Gasteiger partial charge on any atom is 0.324 e. The fourth-order valence-electron chi connectivity index (χ4n) is 1.65. The standard InChI is InChI=1S/C7H10N2O4/c8-7(6(11)12)2-3(7)4-1-5(10)9-13-4/h3-4H,1-2,8H2,(H,9,10)(H,11,12)/t3-,4-,7+/m1/s1. The molecule has 4 N–H and O–H groups in total. The van der Waals surface area contributed by atoms with Gasteiger partial charge in [0.1, 0.15) is 5.54 Å². The van der Waals surface area contributed by atoms with E-state index in [0.29, 0.717) is 6.42 Å². The van der Waals surface area contributed by atoms with E-state index in [1.165, 1.54) is 0 Å². The Hall–Kier alpha value is -1.14. The predicted molar refractivity (Wildman–Crippen MR) is 40.3 cm³/mol. The first-order valence-electron chi connectivity index (χ1n) is 4.01. The number of hydroxylamine groups is 1. The highest BCUT2D eigenvalue weighted by molar-refractivity contribution is 5.84. The SMILES string of the molecule is N[C@@]1(C(=O)O)C[C@@H]1[C@H]1CC(=O)NO1. The van der Waals surface area contributed by atoms with E-state index in [2.05, 4.69) is 5.48 Å². The number of nitrogens with one attached hydrogen (secondary N) is 1. The lowest BCUT2D eigenvalue weighted by Gasteiger charge is -2.08. The minimum Gasteiger partial charge on any atom is -0.480 e. The van der Waals surface area contributed by atoms with Crippen LogP contribution in [0.25, 0.3) is 0 Å². The molecule has 0 radical (unpaired) electrons. The van der Waals surface area contributed by atoms with Crippen LogP contribution in [0.5, 0.6) is 0 Å². The van der Waals surface area contributed by atoms with Crippen molar-refractivity contribution in [3.05, 3.63) is 0 Å². The third-order valence-electron chi connectivity index (χ3n) is 2.62. The van der Waals surface area contributed by atoms with Crippen molar-refractivity contribution in [2.75, 3.05) is 0 Å². The summed E-state index contributed by atoms with van der Waals surface area (Å²) in [6.07, 6.45) is 0.201. The zero-order valence-corrected chi connectivity index (χ0v) is 6.82. The summed E-state index contributed by atoms with van der Waals surface area (Å²) in [6, 6.07) is 0. The molecule has 6 nitrogen and oxygen atoms in total. The molecule has 1 aliphatic heterocycles. The normalized spacial score (nSPS) is 43.0. The van der Waals surface area contributed by atoms with Crippen molar-refractivity contribution >= 4 is 11.9 Å². The number of rotatable bonds is 2. The first-order chi connectivity index (χ1) is 6.04. The summed E-state index contributed by atoms with van der Waals surface area (Å²) in [5.41, 5.74) is 6.54. The average Bonchev–Trinajstić information content (AvgIpc) is 2.55. The minimum atomic E-state index is -1.18. The summed E-state index contributed by atoms with van der Waals surface area (Å²) < 4.78 is 0. The van der Waals surface area contributed by atoms with Crippen molar-refractivity contribution in [1.82, 2.24) is 5.48 Å². The third-order valence-corrected chi connectivity index (χ3v) is 2.62. The van der Waals surface area contributed by atoms with Crippen molar-refractivity contribution in [2.45, 2.75) is 24.5 Å². The number of carbonyl (C=O) groups excluding carboxylic acids is 1. The Balaban J connectivity index is 1.99. The van der Waals surface area contributed by atoms with Gasteiger partial charge in [0.2, 0.25) is 5.91 Å². The lowest BCUT2D eigenvalue weighted by molar-refractivity contribution is -0.140. The highest BCUT2D eigenvalue weighted by Gasteiger charge is 2.62. The molecule has 72 valence electrons. The Bertz CT molecular complexity index is 280. The number of carboxylic acid groups (broad SMARTS) is 1. The van der Waals surface area contributed by atoms with Crippen LogP contribution in [0.4, 0.5) is 0 Å². The van der Waals surface area contributed by atoms with E-state index in [1.54, 1.807) is 0 Å². The number of carbonyl (C=O) groups is 2. The smallest absolute Gasteiger partial charge is 0.324 e. The van der Waals surface area contributed by atoms with Gasteiger partial charge >= 0.3 is 5.97 Å². The molecular formula is C7H10N2O4. The quantitative estimate of drug-likeness (QED) is 0.492. The molecule has 1 aliphatic carbocycles. The van der Waals surface area contributed by atoms with Crippen LogP contribution in [0, 0.1) is 5.92 Å². The summed E-state index contributed by atoms with van der Waals surface area (Å²) >= 11 is 0. The van der Waals surface area contributed by atoms with Crippen molar-refractivity contribution in [1.29, 1.82) is 0 Å². The number of hydrogen-bond acceptors (Lipinski definition) is 4. The minimum absolute atomic E-state index is 0.205. The zero-order chi connectivity index (χ0) is 9.64. The van der Waals surface area contributed by atoms with Gasteiger partial charge < -0.3 is 10.8 Å². The lowest BCUT2D eigenvalue weighted by Crippen LogP contribution is -2.38. The van der Waals surface area contributed by atoms with E-state index in [0.717, 1.165) is 0 Å². The van der Waals surface area contributed by atoms with Crippen LogP contribution in [0.2, 0.25) is 0 Å². The molecule has 2 aliphatic rings. The molecule has 0 unspecified atom stereocenters. The molecule has 6 heteroatoms. The maximum atomic E-state index is 10.7. The van der Waals surface area contributed by atoms with Gasteiger partial charge in [-0.2, -0.15) is 0 Å². The molecular weight excluding hydrogens is 176 g/mol. The number of aliphatic carboxylic acids is 1. The molecule has 1 saturated heterocycles. The molecule has 1 heterocycles. The van der Waals surface area contributed by atoms with Crippen molar-refractivity contribution < 1.29 is 19.5 Å². The van der Waals surface area contributed by atoms with E-state index in [-0.39, 0.29) is 24.3 Å². The van der Waals surface area contributed by atoms with Crippen molar-refractivity contribution in [3.63, 3.8) is 0 Å². The monoisotopic (exact) mass is 186 g/mol. The van der Waals surface area contributed by atoms with Crippen molar-refractivity contribution in [2.24, 2.45) is 11.7 Å². The van der Waals surface area contributed by atoms with Gasteiger partial charge in [0, 0.05) is 5.92 Å². The van der Waals surface area contributed by atoms with Crippen LogP contribution in [0.15, 0.2) is 0 Å². The molecule has 1 amide bonds. The van der Waals surface area contributed by atoms with Gasteiger partial charge in [-0.1, -0.05) is 0 Å². The molecule has 0 spiro atoms. The second-order valence-corrected chi connectivity index (χ2v) is 3.54. The van der Waals surface area contributed by atoms with Crippen LogP contribution < -0.4 is 11.2 Å². The molecule has 1 saturated carbocycles. The molecule has 13 heavy (non-hydrogen) atoms. The largest absolute Gasteiger partial charge is 0.480 e. The highest BCUT2D eigenvalue weighted by Crippen LogP contribution is 2.46. The first kappa shape index (κ1) is 8.46. The van der Waals surface area contributed by atoms with E-state index in [1.807, 2.05) is 0 Å². The molecule has 0 aromatic carbocycles. The summed E-state index contributed by atoms with van der Waals surface area (Å²) in [5, 5.41) is 8.72. The Morgan fingerprint density at radius 2 is 2.46 bits per heavy atom. The maximum absolute atomic E-state index is 10.7. The topological polar surface area (TPSA) is 102 Å². The number of amides is 1. The highest BCUT2D eigenvalue weighted by atomic mass is 16.7. The second kappa shape index (κ2) is 2.43. The van der Waals surface area contributed by atoms with Gasteiger partial charge in [-0.05, 0) is 6.42 Å². The zero-order valence-electron chi connectivity index (χ0n) is 6.82. The van der Waals surface area contributed by atoms with Gasteiger partial charge in [-0.3, -0.25) is 14.4 Å². The number of nitrogens with two attached hydrogens (primary N) is 1. The first-order valence-corrected chi connectivity index (χ1v) is 4.01. The molecule has 0 bridgehead atoms. The fraction of sp³-hybridized carbons (Fsp3) is 0.714. The average molecular weight is 186 g/mol. The van der Waals surface area contributed by atoms with Gasteiger partial charge in [0.05, 0.1) is 12.5 Å². The van der Waals surface area contributed by atoms with E-state index >= 15 is 0 Å². The molecule has 2 rings (SSSR count). The molecule has 2 fully saturated rings. The Kier molecular flexibility index (Phi) is 1.58. The number of hydrogen-bond donors (Lipinski definition) is 3. The van der Waals surface area contributed by atoms with Crippen molar-refractivity contribution in [3.8, 4) is 0 Å². The van der Waals surface area contributed by atoms with Crippen LogP contribution in [-0.2, 0) is 14.4 Å². The second-order valence-electron chi connectivity index (χ2n) is 3.54. The Labute approximate surface area is 74.0 Å². The van der Waals surface area contributed by atoms with Gasteiger partial charge in [-0.25, -0.2) is 5.48 Å². The summed E-state index contributed by atoms with van der Waals surface area (Å²) in [6.45, 7) is 0. The summed E-state index contributed by atoms with van der Waals surface area (Å²) in [4.78, 5) is 26.3. The summed E-state index contributed by atoms with van der Waals surface area (Å²) in [7, 11) is 0. The van der Waals surface area contributed by atoms with Crippen LogP contribution in [0.3, 0.4) is 0 Å². The third kappa shape index (κ3) is 1.18. The van der Waals surface area contributed by atoms with Crippen LogP contribution in [-0.4, -0.2) is 28.6 Å². The van der Waals surface area contributed by atoms with Gasteiger partial charge in [0.25, 0.3) is 0 Å². The van der Waals surface area contributed by atoms with Crippen LogP contribution in [0.1, 0.15) is 12.8 Å². The van der Waals surface area contributed by atoms with Gasteiger partial charge in [0.15, 0.2) is 0 Å². The predicted octanol–water partition coefficient (Wildman–Crippen LogP) is -1.39. The number of carboxylic acids is 1. The molecule has 0 aromatic heterocycles. The fourth-order valence-corrected chi connectivity index (χ4v) is 1.65. The van der Waals surface area contributed by atoms with E-state index in [9.17, 15) is 9.59 Å². The Morgan fingerprint density at radius 1 is 1.77 bits per heavy atom. The molecule has 0 aromatic rings. The van der Waals surface area contributed by atoms with E-state index < -0.39 is 11.5 Å². The van der Waals surface area contributed by atoms with Crippen LogP contribution >= 0.6 is 0 Å².